The number of aryl methyl sites for hydroxylation is 1. The predicted octanol–water partition coefficient (Wildman–Crippen LogP) is 2.02. The fourth-order valence-corrected chi connectivity index (χ4v) is 1.69. The number of nitrogen functional groups attached to an aromatic ring is 1. The van der Waals surface area contributed by atoms with Crippen LogP contribution in [0.3, 0.4) is 0 Å². The van der Waals surface area contributed by atoms with Crippen molar-refractivity contribution in [3.63, 3.8) is 0 Å². The molecule has 2 aromatic heterocycles. The molecule has 0 saturated heterocycles. The summed E-state index contributed by atoms with van der Waals surface area (Å²) in [6, 6.07) is 5.57. The van der Waals surface area contributed by atoms with E-state index in [0.29, 0.717) is 23.2 Å². The number of nitrogens with two attached hydrogens (primary N) is 1. The van der Waals surface area contributed by atoms with Gasteiger partial charge in [0.2, 0.25) is 5.82 Å². The Morgan fingerprint density at radius 2 is 2.22 bits per heavy atom. The summed E-state index contributed by atoms with van der Waals surface area (Å²) in [6.45, 7) is 1.96. The van der Waals surface area contributed by atoms with E-state index in [0.717, 1.165) is 11.1 Å². The van der Waals surface area contributed by atoms with Crippen molar-refractivity contribution >= 4 is 5.69 Å². The minimum atomic E-state index is 0.428. The number of H-pyrrole nitrogens is 1. The van der Waals surface area contributed by atoms with Crippen molar-refractivity contribution in [2.75, 3.05) is 5.73 Å². The van der Waals surface area contributed by atoms with Crippen LogP contribution < -0.4 is 5.73 Å². The zero-order valence-electron chi connectivity index (χ0n) is 9.71. The highest BCUT2D eigenvalue weighted by Crippen LogP contribution is 2.25. The molecule has 3 N–H and O–H groups in total. The summed E-state index contributed by atoms with van der Waals surface area (Å²) in [7, 11) is 0. The van der Waals surface area contributed by atoms with Gasteiger partial charge >= 0.3 is 0 Å². The smallest absolute Gasteiger partial charge is 0.258 e. The van der Waals surface area contributed by atoms with Gasteiger partial charge in [-0.25, -0.2) is 4.98 Å². The molecule has 1 aromatic carbocycles. The molecule has 0 saturated carbocycles. The maximum Gasteiger partial charge on any atom is 0.258 e. The lowest BCUT2D eigenvalue weighted by atomic mass is 10.1. The molecular formula is C12H11N5O. The van der Waals surface area contributed by atoms with Crippen molar-refractivity contribution in [2.45, 2.75) is 6.92 Å². The number of benzene rings is 1. The Labute approximate surface area is 103 Å². The predicted molar refractivity (Wildman–Crippen MR) is 66.5 cm³/mol. The number of aromatic amines is 1. The molecule has 0 unspecified atom stereocenters. The molecule has 0 aliphatic heterocycles. The molecule has 18 heavy (non-hydrogen) atoms. The summed E-state index contributed by atoms with van der Waals surface area (Å²) in [5.41, 5.74) is 8.28. The molecule has 6 nitrogen and oxygen atoms in total. The van der Waals surface area contributed by atoms with E-state index in [1.807, 2.05) is 25.1 Å². The molecule has 6 heteroatoms. The van der Waals surface area contributed by atoms with Gasteiger partial charge in [-0.2, -0.15) is 4.98 Å². The number of imidazole rings is 1. The maximum atomic E-state index is 5.76. The van der Waals surface area contributed by atoms with Gasteiger partial charge in [0, 0.05) is 23.6 Å². The van der Waals surface area contributed by atoms with Gasteiger partial charge in [0.1, 0.15) is 0 Å². The molecule has 0 atom stereocenters. The summed E-state index contributed by atoms with van der Waals surface area (Å²) >= 11 is 0. The molecule has 3 rings (SSSR count). The zero-order chi connectivity index (χ0) is 12.5. The van der Waals surface area contributed by atoms with Gasteiger partial charge in [0.05, 0.1) is 0 Å². The Morgan fingerprint density at radius 3 is 3.00 bits per heavy atom. The molecule has 0 radical (unpaired) electrons. The van der Waals surface area contributed by atoms with Crippen LogP contribution in [0.25, 0.3) is 23.1 Å². The number of anilines is 1. The summed E-state index contributed by atoms with van der Waals surface area (Å²) in [4.78, 5) is 11.3. The van der Waals surface area contributed by atoms with Gasteiger partial charge in [-0.15, -0.1) is 0 Å². The SMILES string of the molecule is Cc1ccc(N)cc1-c1nc(-c2ncc[nH]2)no1. The van der Waals surface area contributed by atoms with Crippen LogP contribution in [0.15, 0.2) is 35.1 Å². The number of aromatic nitrogens is 4. The average molecular weight is 241 g/mol. The largest absolute Gasteiger partial charge is 0.399 e. The van der Waals surface area contributed by atoms with Gasteiger partial charge in [0.15, 0.2) is 5.82 Å². The number of hydrogen-bond donors (Lipinski definition) is 2. The molecule has 0 amide bonds. The van der Waals surface area contributed by atoms with Crippen molar-refractivity contribution in [2.24, 2.45) is 0 Å². The highest BCUT2D eigenvalue weighted by Gasteiger charge is 2.13. The average Bonchev–Trinajstić information content (AvgIpc) is 3.00. The van der Waals surface area contributed by atoms with Crippen LogP contribution in [0.2, 0.25) is 0 Å². The number of rotatable bonds is 2. The minimum absolute atomic E-state index is 0.428. The van der Waals surface area contributed by atoms with Crippen LogP contribution in [0.1, 0.15) is 5.56 Å². The lowest BCUT2D eigenvalue weighted by Gasteiger charge is -2.01. The summed E-state index contributed by atoms with van der Waals surface area (Å²) in [6.07, 6.45) is 3.34. The third-order valence-electron chi connectivity index (χ3n) is 2.63. The summed E-state index contributed by atoms with van der Waals surface area (Å²) < 4.78 is 5.23. The first kappa shape index (κ1) is 10.5. The van der Waals surface area contributed by atoms with Crippen LogP contribution in [0.4, 0.5) is 5.69 Å². The highest BCUT2D eigenvalue weighted by molar-refractivity contribution is 5.65. The van der Waals surface area contributed by atoms with E-state index in [4.69, 9.17) is 10.3 Å². The van der Waals surface area contributed by atoms with E-state index in [1.54, 1.807) is 12.4 Å². The Balaban J connectivity index is 2.05. The second kappa shape index (κ2) is 3.99. The highest BCUT2D eigenvalue weighted by atomic mass is 16.5. The maximum absolute atomic E-state index is 5.76. The van der Waals surface area contributed by atoms with Crippen molar-refractivity contribution < 1.29 is 4.52 Å². The Kier molecular flexibility index (Phi) is 2.33. The molecule has 0 fully saturated rings. The van der Waals surface area contributed by atoms with Crippen LogP contribution in [-0.4, -0.2) is 20.1 Å². The number of hydrogen-bond acceptors (Lipinski definition) is 5. The van der Waals surface area contributed by atoms with Gasteiger partial charge in [-0.1, -0.05) is 11.2 Å². The first-order valence-electron chi connectivity index (χ1n) is 5.44. The Hall–Kier alpha value is -2.63. The number of nitrogens with zero attached hydrogens (tertiary/aromatic N) is 3. The van der Waals surface area contributed by atoms with Crippen molar-refractivity contribution in [3.05, 3.63) is 36.2 Å². The quantitative estimate of drug-likeness (QED) is 0.669. The zero-order valence-corrected chi connectivity index (χ0v) is 9.71. The molecule has 0 bridgehead atoms. The van der Waals surface area contributed by atoms with Crippen LogP contribution in [0, 0.1) is 6.92 Å². The molecular weight excluding hydrogens is 230 g/mol. The monoisotopic (exact) mass is 241 g/mol. The van der Waals surface area contributed by atoms with Gasteiger partial charge in [-0.3, -0.25) is 0 Å². The van der Waals surface area contributed by atoms with Gasteiger partial charge in [0.25, 0.3) is 5.89 Å². The van der Waals surface area contributed by atoms with E-state index >= 15 is 0 Å². The van der Waals surface area contributed by atoms with Crippen molar-refractivity contribution in [3.8, 4) is 23.1 Å². The first-order chi connectivity index (χ1) is 8.74. The topological polar surface area (TPSA) is 93.6 Å². The molecule has 0 spiro atoms. The van der Waals surface area contributed by atoms with Crippen LogP contribution in [-0.2, 0) is 0 Å². The lowest BCUT2D eigenvalue weighted by Crippen LogP contribution is -1.89. The van der Waals surface area contributed by atoms with Gasteiger partial charge in [-0.05, 0) is 24.6 Å². The van der Waals surface area contributed by atoms with E-state index in [-0.39, 0.29) is 0 Å². The van der Waals surface area contributed by atoms with Crippen molar-refractivity contribution in [1.29, 1.82) is 0 Å². The third kappa shape index (κ3) is 1.73. The second-order valence-corrected chi connectivity index (χ2v) is 3.94. The minimum Gasteiger partial charge on any atom is -0.399 e. The van der Waals surface area contributed by atoms with E-state index in [9.17, 15) is 0 Å². The lowest BCUT2D eigenvalue weighted by molar-refractivity contribution is 0.431. The standard InChI is InChI=1S/C12H11N5O/c1-7-2-3-8(13)6-9(7)12-16-11(17-18-12)10-14-4-5-15-10/h2-6H,13H2,1H3,(H,14,15). The second-order valence-electron chi connectivity index (χ2n) is 3.94. The molecule has 3 aromatic rings. The molecule has 2 heterocycles. The van der Waals surface area contributed by atoms with E-state index in [2.05, 4.69) is 20.1 Å². The Bertz CT molecular complexity index is 672. The summed E-state index contributed by atoms with van der Waals surface area (Å²) in [5.74, 6) is 1.44. The van der Waals surface area contributed by atoms with E-state index in [1.165, 1.54) is 0 Å². The summed E-state index contributed by atoms with van der Waals surface area (Å²) in [5, 5.41) is 3.89. The first-order valence-corrected chi connectivity index (χ1v) is 5.44. The number of nitrogens with one attached hydrogen (secondary N) is 1. The third-order valence-corrected chi connectivity index (χ3v) is 2.63. The van der Waals surface area contributed by atoms with Crippen LogP contribution >= 0.6 is 0 Å². The Morgan fingerprint density at radius 1 is 1.33 bits per heavy atom. The van der Waals surface area contributed by atoms with Crippen LogP contribution in [0.5, 0.6) is 0 Å². The van der Waals surface area contributed by atoms with Crippen molar-refractivity contribution in [1.82, 2.24) is 20.1 Å². The molecule has 0 aliphatic rings. The van der Waals surface area contributed by atoms with E-state index < -0.39 is 0 Å². The molecule has 0 aliphatic carbocycles. The fraction of sp³-hybridized carbons (Fsp3) is 0.0833. The molecule has 90 valence electrons. The fourth-order valence-electron chi connectivity index (χ4n) is 1.69. The van der Waals surface area contributed by atoms with Gasteiger partial charge < -0.3 is 15.2 Å². The normalized spacial score (nSPS) is 10.7.